The number of benzene rings is 19. The average Bonchev–Trinajstić information content (AvgIpc) is 1.28. The van der Waals surface area contributed by atoms with Gasteiger partial charge in [-0.15, -0.1) is 0 Å². The van der Waals surface area contributed by atoms with Crippen molar-refractivity contribution in [2.45, 2.75) is 52.4 Å². The number of anilines is 6. The molecule has 0 saturated heterocycles. The SMILES string of the molecule is CC(C)(C)c1cc(-c2ccccc2)c(N2c3cc(-n4c5ccccc5c5cc(-c6ccccc6)ccc54)ccc3B3c4ccc(-n5c6ccccc6c6cc(-c7ccccc7)ccc65)cc4N(c4c(-c5ccccc5)cc(C(C)(C)C)cc4-c4cccc(-c5cccc(-c6ccccc6)c5)c4)c4cccc2c43)c(-c2cccc(-c3cccc(-c4ccccc4)c3)c2)c1. The highest BCUT2D eigenvalue weighted by atomic mass is 15.2. The van der Waals surface area contributed by atoms with Crippen molar-refractivity contribution in [3.8, 4) is 123 Å². The van der Waals surface area contributed by atoms with Gasteiger partial charge in [0.1, 0.15) is 0 Å². The van der Waals surface area contributed by atoms with Crippen molar-refractivity contribution in [2.75, 3.05) is 9.80 Å². The van der Waals surface area contributed by atoms with Crippen LogP contribution in [0, 0.1) is 0 Å². The van der Waals surface area contributed by atoms with Crippen molar-refractivity contribution < 1.29 is 0 Å². The van der Waals surface area contributed by atoms with E-state index in [4.69, 9.17) is 0 Å². The smallest absolute Gasteiger partial charge is 0.252 e. The van der Waals surface area contributed by atoms with Crippen LogP contribution in [0.1, 0.15) is 52.7 Å². The van der Waals surface area contributed by atoms with Crippen molar-refractivity contribution in [2.24, 2.45) is 0 Å². The number of hydrogen-bond acceptors (Lipinski definition) is 2. The standard InChI is InChI=1S/C122H91BN4/c1-121(2,3)96-74-102(84-42-21-11-22-43-84)119(104(76-96)94-52-31-50-90(70-94)88-48-29-46-86(68-88)80-34-13-7-14-35-80)126-114-58-33-59-115-118(114)123(108-64-62-98(78-116(108)126)124-110-56-27-25-54-100(110)106-72-92(60-66-112(106)124)82-38-17-9-18-39-82)109-65-63-99(125-111-57-28-26-55-101(111)107-73-93(61-67-113(107)125)83-40-19-10-20-41-83)79-117(109)127(115)120-103(85-44-23-12-24-45-85)75-97(122(4,5)6)77-105(120)95-53-32-51-91(71-95)89-49-30-47-87(69-89)81-36-15-8-16-37-81/h7-79H,1-6H3. The number of fused-ring (bicyclic) bond motifs is 10. The molecule has 2 aliphatic rings. The maximum absolute atomic E-state index is 2.72. The Morgan fingerprint density at radius 3 is 0.803 bits per heavy atom. The third-order valence-corrected chi connectivity index (χ3v) is 26.6. The molecule has 2 aliphatic heterocycles. The zero-order valence-electron chi connectivity index (χ0n) is 72.0. The van der Waals surface area contributed by atoms with Crippen molar-refractivity contribution in [1.82, 2.24) is 9.13 Å². The molecule has 0 N–H and O–H groups in total. The molecule has 0 spiro atoms. The van der Waals surface area contributed by atoms with Gasteiger partial charge < -0.3 is 18.9 Å². The molecule has 2 aromatic heterocycles. The maximum Gasteiger partial charge on any atom is 0.252 e. The fraction of sp³-hybridized carbons (Fsp3) is 0.0656. The topological polar surface area (TPSA) is 16.3 Å². The molecule has 0 radical (unpaired) electrons. The summed E-state index contributed by atoms with van der Waals surface area (Å²) in [4.78, 5) is 5.44. The molecule has 0 fully saturated rings. The fourth-order valence-corrected chi connectivity index (χ4v) is 20.3. The minimum atomic E-state index is -0.305. The molecular formula is C122H91BN4. The number of aromatic nitrogens is 2. The van der Waals surface area contributed by atoms with Crippen molar-refractivity contribution >= 4 is 101 Å². The summed E-state index contributed by atoms with van der Waals surface area (Å²) < 4.78 is 5.05. The maximum atomic E-state index is 2.72. The first-order valence-corrected chi connectivity index (χ1v) is 44.5. The monoisotopic (exact) mass is 1620 g/mol. The molecule has 0 bridgehead atoms. The van der Waals surface area contributed by atoms with Crippen LogP contribution in [0.4, 0.5) is 34.1 Å². The zero-order valence-corrected chi connectivity index (χ0v) is 72.0. The molecule has 21 aromatic rings. The second-order valence-electron chi connectivity index (χ2n) is 36.3. The van der Waals surface area contributed by atoms with Gasteiger partial charge >= 0.3 is 0 Å². The van der Waals surface area contributed by atoms with Crippen LogP contribution < -0.4 is 26.2 Å². The highest BCUT2D eigenvalue weighted by Gasteiger charge is 2.46. The second-order valence-corrected chi connectivity index (χ2v) is 36.3. The average molecular weight is 1620 g/mol. The van der Waals surface area contributed by atoms with E-state index in [1.807, 2.05) is 0 Å². The van der Waals surface area contributed by atoms with Crippen molar-refractivity contribution in [1.29, 1.82) is 0 Å². The Morgan fingerprint density at radius 1 is 0.189 bits per heavy atom. The molecule has 602 valence electrons. The highest BCUT2D eigenvalue weighted by Crippen LogP contribution is 2.56. The molecule has 23 rings (SSSR count). The molecule has 5 heteroatoms. The Labute approximate surface area is 743 Å². The van der Waals surface area contributed by atoms with Gasteiger partial charge in [-0.25, -0.2) is 0 Å². The van der Waals surface area contributed by atoms with Crippen LogP contribution in [0.25, 0.3) is 166 Å². The van der Waals surface area contributed by atoms with Crippen LogP contribution in [0.5, 0.6) is 0 Å². The largest absolute Gasteiger partial charge is 0.310 e. The number of hydrogen-bond donors (Lipinski definition) is 0. The molecule has 127 heavy (non-hydrogen) atoms. The highest BCUT2D eigenvalue weighted by molar-refractivity contribution is 7.00. The molecule has 4 heterocycles. The predicted molar refractivity (Wildman–Crippen MR) is 541 cm³/mol. The Balaban J connectivity index is 0.842. The van der Waals surface area contributed by atoms with Gasteiger partial charge in [-0.2, -0.15) is 0 Å². The summed E-state index contributed by atoms with van der Waals surface area (Å²) in [5.74, 6) is 0. The lowest BCUT2D eigenvalue weighted by Gasteiger charge is -2.46. The fourth-order valence-electron chi connectivity index (χ4n) is 20.3. The van der Waals surface area contributed by atoms with Crippen molar-refractivity contribution in [3.05, 3.63) is 454 Å². The van der Waals surface area contributed by atoms with Crippen LogP contribution in [0.2, 0.25) is 0 Å². The predicted octanol–water partition coefficient (Wildman–Crippen LogP) is 31.2. The van der Waals surface area contributed by atoms with Gasteiger partial charge in [0.05, 0.1) is 33.4 Å². The van der Waals surface area contributed by atoms with E-state index in [9.17, 15) is 0 Å². The van der Waals surface area contributed by atoms with Gasteiger partial charge in [0.15, 0.2) is 0 Å². The van der Waals surface area contributed by atoms with Gasteiger partial charge in [-0.05, 0) is 249 Å². The third-order valence-electron chi connectivity index (χ3n) is 26.6. The van der Waals surface area contributed by atoms with E-state index in [0.29, 0.717) is 0 Å². The first kappa shape index (κ1) is 76.3. The summed E-state index contributed by atoms with van der Waals surface area (Å²) in [7, 11) is 0. The van der Waals surface area contributed by atoms with Crippen LogP contribution in [0.15, 0.2) is 443 Å². The number of para-hydroxylation sites is 2. The van der Waals surface area contributed by atoms with E-state index in [-0.39, 0.29) is 17.5 Å². The third kappa shape index (κ3) is 13.3. The number of rotatable bonds is 14. The minimum Gasteiger partial charge on any atom is -0.310 e. The summed E-state index contributed by atoms with van der Waals surface area (Å²) in [5, 5.41) is 4.80. The summed E-state index contributed by atoms with van der Waals surface area (Å²) in [6.07, 6.45) is 0. The van der Waals surface area contributed by atoms with Gasteiger partial charge in [-0.3, -0.25) is 0 Å². The zero-order chi connectivity index (χ0) is 85.2. The van der Waals surface area contributed by atoms with Gasteiger partial charge in [0.25, 0.3) is 6.71 Å². The molecule has 0 unspecified atom stereocenters. The molecule has 0 amide bonds. The van der Waals surface area contributed by atoms with Crippen LogP contribution in [-0.4, -0.2) is 15.8 Å². The normalized spacial score (nSPS) is 12.4. The van der Waals surface area contributed by atoms with Gasteiger partial charge in [-0.1, -0.05) is 363 Å². The molecular weight excluding hydrogens is 1530 g/mol. The Hall–Kier alpha value is -15.6. The molecule has 19 aromatic carbocycles. The Kier molecular flexibility index (Phi) is 18.5. The molecule has 0 atom stereocenters. The summed E-state index contributed by atoms with van der Waals surface area (Å²) in [6.45, 7) is 13.9. The molecule has 4 nitrogen and oxygen atoms in total. The lowest BCUT2D eigenvalue weighted by Crippen LogP contribution is -2.61. The first-order valence-electron chi connectivity index (χ1n) is 44.5. The second kappa shape index (κ2) is 30.7. The van der Waals surface area contributed by atoms with Crippen LogP contribution in [-0.2, 0) is 10.8 Å². The Morgan fingerprint density at radius 2 is 0.457 bits per heavy atom. The van der Waals surface area contributed by atoms with Crippen molar-refractivity contribution in [3.63, 3.8) is 0 Å². The van der Waals surface area contributed by atoms with E-state index >= 15 is 0 Å². The first-order chi connectivity index (χ1) is 62.3. The molecule has 0 saturated carbocycles. The quantitative estimate of drug-likeness (QED) is 0.101. The summed E-state index contributed by atoms with van der Waals surface area (Å²) in [6, 6.07) is 167. The Bertz CT molecular complexity index is 7420. The summed E-state index contributed by atoms with van der Waals surface area (Å²) in [5.41, 5.74) is 41.9. The van der Waals surface area contributed by atoms with Crippen LogP contribution in [0.3, 0.4) is 0 Å². The van der Waals surface area contributed by atoms with Crippen LogP contribution >= 0.6 is 0 Å². The van der Waals surface area contributed by atoms with Gasteiger partial charge in [0.2, 0.25) is 0 Å². The van der Waals surface area contributed by atoms with E-state index in [1.54, 1.807) is 0 Å². The summed E-state index contributed by atoms with van der Waals surface area (Å²) >= 11 is 0. The minimum absolute atomic E-state index is 0.269. The van der Waals surface area contributed by atoms with E-state index in [0.717, 1.165) is 134 Å². The van der Waals surface area contributed by atoms with E-state index in [2.05, 4.69) is 503 Å². The van der Waals surface area contributed by atoms with Gasteiger partial charge in [0, 0.05) is 77.9 Å². The lowest BCUT2D eigenvalue weighted by molar-refractivity contribution is 0.590. The lowest BCUT2D eigenvalue weighted by atomic mass is 9.33. The molecule has 0 aliphatic carbocycles. The van der Waals surface area contributed by atoms with E-state index in [1.165, 1.54) is 93.6 Å². The number of nitrogens with zero attached hydrogens (tertiary/aromatic N) is 4. The van der Waals surface area contributed by atoms with E-state index < -0.39 is 0 Å².